The monoisotopic (exact) mass is 373 g/mol. The van der Waals surface area contributed by atoms with Gasteiger partial charge in [0.15, 0.2) is 5.22 Å². The van der Waals surface area contributed by atoms with E-state index in [0.29, 0.717) is 5.22 Å². The zero-order chi connectivity index (χ0) is 15.4. The Morgan fingerprint density at radius 2 is 2.19 bits per heavy atom. The number of nitrogens with zero attached hydrogens (tertiary/aromatic N) is 2. The molecule has 0 saturated carbocycles. The van der Waals surface area contributed by atoms with Gasteiger partial charge in [-0.2, -0.15) is 5.10 Å². The van der Waals surface area contributed by atoms with Gasteiger partial charge in [0.2, 0.25) is 0 Å². The van der Waals surface area contributed by atoms with Gasteiger partial charge in [-0.3, -0.25) is 4.68 Å². The molecule has 0 radical (unpaired) electrons. The highest BCUT2D eigenvalue weighted by Crippen LogP contribution is 2.28. The maximum Gasteiger partial charge on any atom is 0.193 e. The molecule has 0 fully saturated rings. The lowest BCUT2D eigenvalue weighted by molar-refractivity contribution is 0.405. The molecule has 0 aliphatic rings. The van der Waals surface area contributed by atoms with Crippen molar-refractivity contribution in [3.05, 3.63) is 39.0 Å². The van der Waals surface area contributed by atoms with E-state index in [9.17, 15) is 0 Å². The fourth-order valence-corrected chi connectivity index (χ4v) is 3.27. The number of hydrogen-bond acceptors (Lipinski definition) is 3. The third-order valence-corrected chi connectivity index (χ3v) is 4.60. The number of halogens is 2. The molecule has 1 unspecified atom stereocenters. The number of rotatable bonds is 7. The van der Waals surface area contributed by atoms with Crippen molar-refractivity contribution in [2.45, 2.75) is 39.2 Å². The van der Waals surface area contributed by atoms with Crippen LogP contribution >= 0.6 is 27.5 Å². The van der Waals surface area contributed by atoms with Gasteiger partial charge < -0.3 is 9.73 Å². The van der Waals surface area contributed by atoms with Crippen molar-refractivity contribution in [2.24, 2.45) is 7.05 Å². The largest absolute Gasteiger partial charge is 0.448 e. The minimum Gasteiger partial charge on any atom is -0.448 e. The van der Waals surface area contributed by atoms with E-state index >= 15 is 0 Å². The molecule has 0 aromatic carbocycles. The van der Waals surface area contributed by atoms with Crippen LogP contribution in [0.3, 0.4) is 0 Å². The van der Waals surface area contributed by atoms with Crippen molar-refractivity contribution in [3.8, 4) is 0 Å². The summed E-state index contributed by atoms with van der Waals surface area (Å²) in [5.74, 6) is 0.861. The molecule has 1 atom stereocenters. The molecule has 6 heteroatoms. The summed E-state index contributed by atoms with van der Waals surface area (Å²) in [6.07, 6.45) is 2.78. The molecule has 2 aromatic heterocycles. The van der Waals surface area contributed by atoms with E-state index in [2.05, 4.69) is 40.2 Å². The van der Waals surface area contributed by atoms with E-state index in [4.69, 9.17) is 16.0 Å². The molecule has 0 saturated heterocycles. The van der Waals surface area contributed by atoms with Crippen molar-refractivity contribution in [1.82, 2.24) is 15.1 Å². The smallest absolute Gasteiger partial charge is 0.193 e. The number of aromatic nitrogens is 2. The highest BCUT2D eigenvalue weighted by atomic mass is 79.9. The molecule has 0 aliphatic carbocycles. The Kier molecular flexibility index (Phi) is 5.90. The lowest BCUT2D eigenvalue weighted by atomic mass is 10.1. The second-order valence-electron chi connectivity index (χ2n) is 5.04. The Hall–Kier alpha value is -0.780. The fourth-order valence-electron chi connectivity index (χ4n) is 2.34. The van der Waals surface area contributed by atoms with Gasteiger partial charge in [-0.25, -0.2) is 0 Å². The third-order valence-electron chi connectivity index (χ3n) is 3.48. The molecule has 0 aliphatic heterocycles. The molecule has 116 valence electrons. The highest BCUT2D eigenvalue weighted by molar-refractivity contribution is 9.10. The second kappa shape index (κ2) is 7.47. The summed E-state index contributed by atoms with van der Waals surface area (Å²) in [5, 5.41) is 8.48. The van der Waals surface area contributed by atoms with Crippen LogP contribution in [0.25, 0.3) is 0 Å². The number of nitrogens with one attached hydrogen (secondary N) is 1. The maximum atomic E-state index is 5.91. The van der Waals surface area contributed by atoms with E-state index in [1.807, 2.05) is 17.8 Å². The summed E-state index contributed by atoms with van der Waals surface area (Å²) >= 11 is 9.58. The molecule has 0 bridgehead atoms. The van der Waals surface area contributed by atoms with Gasteiger partial charge in [0.05, 0.1) is 21.9 Å². The number of furan rings is 1. The van der Waals surface area contributed by atoms with Crippen LogP contribution in [0.15, 0.2) is 21.0 Å². The first-order valence-corrected chi connectivity index (χ1v) is 8.42. The van der Waals surface area contributed by atoms with Crippen LogP contribution in [0.4, 0.5) is 0 Å². The summed E-state index contributed by atoms with van der Waals surface area (Å²) in [5.41, 5.74) is 2.24. The first-order valence-electron chi connectivity index (χ1n) is 7.25. The van der Waals surface area contributed by atoms with Gasteiger partial charge in [-0.05, 0) is 59.1 Å². The molecule has 2 rings (SSSR count). The Balaban J connectivity index is 2.24. The Labute approximate surface area is 139 Å². The molecule has 21 heavy (non-hydrogen) atoms. The van der Waals surface area contributed by atoms with Gasteiger partial charge in [0.1, 0.15) is 5.76 Å². The molecule has 0 amide bonds. The van der Waals surface area contributed by atoms with Crippen LogP contribution in [0.2, 0.25) is 5.22 Å². The molecular formula is C15H21BrClN3O. The van der Waals surface area contributed by atoms with Crippen molar-refractivity contribution in [3.63, 3.8) is 0 Å². The zero-order valence-corrected chi connectivity index (χ0v) is 15.0. The van der Waals surface area contributed by atoms with Gasteiger partial charge in [-0.15, -0.1) is 0 Å². The lowest BCUT2D eigenvalue weighted by Crippen LogP contribution is -2.24. The van der Waals surface area contributed by atoms with Gasteiger partial charge in [-0.1, -0.05) is 13.8 Å². The molecule has 2 aromatic rings. The Bertz CT molecular complexity index is 594. The normalized spacial score (nSPS) is 12.8. The summed E-state index contributed by atoms with van der Waals surface area (Å²) in [6.45, 7) is 5.18. The molecule has 1 N–H and O–H groups in total. The van der Waals surface area contributed by atoms with Crippen LogP contribution in [0.1, 0.15) is 43.5 Å². The fraction of sp³-hybridized carbons (Fsp3) is 0.533. The predicted molar refractivity (Wildman–Crippen MR) is 88.7 cm³/mol. The Morgan fingerprint density at radius 3 is 2.71 bits per heavy atom. The van der Waals surface area contributed by atoms with Crippen LogP contribution < -0.4 is 5.32 Å². The predicted octanol–water partition coefficient (Wildman–Crippen LogP) is 4.27. The zero-order valence-electron chi connectivity index (χ0n) is 12.6. The van der Waals surface area contributed by atoms with Crippen molar-refractivity contribution in [2.75, 3.05) is 6.54 Å². The number of aryl methyl sites for hydroxylation is 2. The van der Waals surface area contributed by atoms with Crippen LogP contribution in [0, 0.1) is 0 Å². The Morgan fingerprint density at radius 1 is 1.43 bits per heavy atom. The van der Waals surface area contributed by atoms with E-state index in [1.54, 1.807) is 6.07 Å². The van der Waals surface area contributed by atoms with Gasteiger partial charge >= 0.3 is 0 Å². The van der Waals surface area contributed by atoms with Crippen LogP contribution in [-0.4, -0.2) is 16.3 Å². The summed E-state index contributed by atoms with van der Waals surface area (Å²) in [7, 11) is 1.98. The maximum absolute atomic E-state index is 5.91. The summed E-state index contributed by atoms with van der Waals surface area (Å²) < 4.78 is 8.62. The average Bonchev–Trinajstić information content (AvgIpc) is 3.00. The minimum atomic E-state index is 0.0915. The molecule has 2 heterocycles. The van der Waals surface area contributed by atoms with Crippen molar-refractivity contribution >= 4 is 27.5 Å². The summed E-state index contributed by atoms with van der Waals surface area (Å²) in [4.78, 5) is 0. The van der Waals surface area contributed by atoms with E-state index in [-0.39, 0.29) is 6.04 Å². The van der Waals surface area contributed by atoms with E-state index < -0.39 is 0 Å². The van der Waals surface area contributed by atoms with Crippen molar-refractivity contribution in [1.29, 1.82) is 0 Å². The summed E-state index contributed by atoms with van der Waals surface area (Å²) in [6, 6.07) is 3.81. The lowest BCUT2D eigenvalue weighted by Gasteiger charge is -2.16. The first kappa shape index (κ1) is 16.6. The average molecular weight is 375 g/mol. The molecule has 4 nitrogen and oxygen atoms in total. The van der Waals surface area contributed by atoms with Crippen molar-refractivity contribution < 1.29 is 4.42 Å². The van der Waals surface area contributed by atoms with Gasteiger partial charge in [0.25, 0.3) is 0 Å². The standard InChI is InChI=1S/C15H21BrClN3O/c1-4-8-18-11(13-6-7-14(17)21-13)9-12-15(16)10(5-2)19-20(12)3/h6-7,11,18H,4-5,8-9H2,1-3H3. The minimum absolute atomic E-state index is 0.0915. The molecule has 0 spiro atoms. The molecular weight excluding hydrogens is 354 g/mol. The van der Waals surface area contributed by atoms with Crippen LogP contribution in [0.5, 0.6) is 0 Å². The van der Waals surface area contributed by atoms with Gasteiger partial charge in [0, 0.05) is 13.5 Å². The quantitative estimate of drug-likeness (QED) is 0.787. The topological polar surface area (TPSA) is 43.0 Å². The van der Waals surface area contributed by atoms with E-state index in [0.717, 1.165) is 47.4 Å². The highest BCUT2D eigenvalue weighted by Gasteiger charge is 2.21. The number of hydrogen-bond donors (Lipinski definition) is 1. The second-order valence-corrected chi connectivity index (χ2v) is 6.20. The van der Waals surface area contributed by atoms with E-state index in [1.165, 1.54) is 0 Å². The van der Waals surface area contributed by atoms with Crippen LogP contribution in [-0.2, 0) is 19.9 Å². The SMILES string of the molecule is CCCNC(Cc1c(Br)c(CC)nn1C)c1ccc(Cl)o1. The first-order chi connectivity index (χ1) is 10.1. The third kappa shape index (κ3) is 3.90.